The summed E-state index contributed by atoms with van der Waals surface area (Å²) < 4.78 is 2.80. The minimum atomic E-state index is -0.623. The molecule has 6 nitrogen and oxygen atoms in total. The normalized spacial score (nSPS) is 10.8. The molecule has 0 unspecified atom stereocenters. The van der Waals surface area contributed by atoms with Crippen molar-refractivity contribution in [3.8, 4) is 0 Å². The number of carbonyl (C=O) groups excluding carboxylic acids is 1. The van der Waals surface area contributed by atoms with Crippen molar-refractivity contribution in [3.63, 3.8) is 0 Å². The molecule has 0 atom stereocenters. The van der Waals surface area contributed by atoms with Gasteiger partial charge in [0.1, 0.15) is 0 Å². The van der Waals surface area contributed by atoms with Crippen LogP contribution in [0.4, 0.5) is 0 Å². The van der Waals surface area contributed by atoms with Crippen LogP contribution in [0.2, 0.25) is 0 Å². The number of benzene rings is 2. The fraction of sp³-hybridized carbons (Fsp3) is 0.261. The second-order valence-corrected chi connectivity index (χ2v) is 6.84. The Kier molecular flexibility index (Phi) is 6.79. The SMILES string of the molecule is C=CCn1c(=O)c(=O)n(CCC(=O)NCCCc2ccccc2)c2ccccc21. The highest BCUT2D eigenvalue weighted by Crippen LogP contribution is 2.11. The smallest absolute Gasteiger partial charge is 0.317 e. The average molecular weight is 391 g/mol. The molecule has 150 valence electrons. The largest absolute Gasteiger partial charge is 0.356 e. The second-order valence-electron chi connectivity index (χ2n) is 6.84. The number of allylic oxidation sites excluding steroid dienone is 1. The highest BCUT2D eigenvalue weighted by molar-refractivity contribution is 5.77. The van der Waals surface area contributed by atoms with Gasteiger partial charge in [-0.25, -0.2) is 0 Å². The van der Waals surface area contributed by atoms with Crippen molar-refractivity contribution in [1.29, 1.82) is 0 Å². The molecule has 3 aromatic rings. The van der Waals surface area contributed by atoms with E-state index in [2.05, 4.69) is 24.0 Å². The first kappa shape index (κ1) is 20.3. The van der Waals surface area contributed by atoms with Gasteiger partial charge in [-0.15, -0.1) is 6.58 Å². The van der Waals surface area contributed by atoms with Crippen molar-refractivity contribution in [2.75, 3.05) is 6.54 Å². The lowest BCUT2D eigenvalue weighted by Gasteiger charge is -2.14. The number of nitrogens with zero attached hydrogens (tertiary/aromatic N) is 2. The van der Waals surface area contributed by atoms with E-state index in [9.17, 15) is 14.4 Å². The van der Waals surface area contributed by atoms with E-state index in [1.54, 1.807) is 18.2 Å². The summed E-state index contributed by atoms with van der Waals surface area (Å²) in [5.74, 6) is -0.135. The molecular formula is C23H25N3O3. The lowest BCUT2D eigenvalue weighted by Crippen LogP contribution is -2.42. The number of aryl methyl sites for hydroxylation is 2. The molecule has 0 spiro atoms. The van der Waals surface area contributed by atoms with Crippen molar-refractivity contribution in [2.45, 2.75) is 32.4 Å². The number of carbonyl (C=O) groups is 1. The fourth-order valence-electron chi connectivity index (χ4n) is 3.37. The minimum absolute atomic E-state index is 0.135. The lowest BCUT2D eigenvalue weighted by atomic mass is 10.1. The Bertz CT molecular complexity index is 1110. The van der Waals surface area contributed by atoms with E-state index < -0.39 is 11.1 Å². The molecule has 0 saturated carbocycles. The van der Waals surface area contributed by atoms with Crippen LogP contribution in [0, 0.1) is 0 Å². The molecule has 0 aliphatic carbocycles. The summed E-state index contributed by atoms with van der Waals surface area (Å²) in [4.78, 5) is 37.2. The molecule has 1 heterocycles. The van der Waals surface area contributed by atoms with Crippen LogP contribution in [0.25, 0.3) is 11.0 Å². The van der Waals surface area contributed by atoms with E-state index in [1.165, 1.54) is 14.7 Å². The van der Waals surface area contributed by atoms with Gasteiger partial charge in [-0.2, -0.15) is 0 Å². The maximum atomic E-state index is 12.6. The number of aromatic nitrogens is 2. The second kappa shape index (κ2) is 9.68. The highest BCUT2D eigenvalue weighted by atomic mass is 16.2. The van der Waals surface area contributed by atoms with Gasteiger partial charge >= 0.3 is 11.1 Å². The minimum Gasteiger partial charge on any atom is -0.356 e. The number of hydrogen-bond acceptors (Lipinski definition) is 3. The first-order chi connectivity index (χ1) is 14.1. The third kappa shape index (κ3) is 4.90. The third-order valence-electron chi connectivity index (χ3n) is 4.82. The van der Waals surface area contributed by atoms with Crippen LogP contribution in [0.1, 0.15) is 18.4 Å². The van der Waals surface area contributed by atoms with Crippen molar-refractivity contribution < 1.29 is 4.79 Å². The molecule has 0 aliphatic heterocycles. The Balaban J connectivity index is 1.64. The fourth-order valence-corrected chi connectivity index (χ4v) is 3.37. The Hall–Kier alpha value is -3.41. The summed E-state index contributed by atoms with van der Waals surface area (Å²) >= 11 is 0. The van der Waals surface area contributed by atoms with Gasteiger partial charge in [0.05, 0.1) is 11.0 Å². The number of para-hydroxylation sites is 2. The maximum Gasteiger partial charge on any atom is 0.317 e. The quantitative estimate of drug-likeness (QED) is 0.346. The Morgan fingerprint density at radius 2 is 1.55 bits per heavy atom. The summed E-state index contributed by atoms with van der Waals surface area (Å²) in [5.41, 5.74) is 1.30. The predicted molar refractivity (Wildman–Crippen MR) is 115 cm³/mol. The Morgan fingerprint density at radius 3 is 2.24 bits per heavy atom. The van der Waals surface area contributed by atoms with Crippen molar-refractivity contribution in [2.24, 2.45) is 0 Å². The monoisotopic (exact) mass is 391 g/mol. The average Bonchev–Trinajstić information content (AvgIpc) is 2.75. The van der Waals surface area contributed by atoms with Crippen molar-refractivity contribution in [1.82, 2.24) is 14.5 Å². The maximum absolute atomic E-state index is 12.6. The molecule has 6 heteroatoms. The molecule has 0 fully saturated rings. The number of hydrogen-bond donors (Lipinski definition) is 1. The van der Waals surface area contributed by atoms with Gasteiger partial charge in [-0.05, 0) is 30.5 Å². The van der Waals surface area contributed by atoms with Gasteiger partial charge in [-0.1, -0.05) is 48.5 Å². The molecule has 0 bridgehead atoms. The van der Waals surface area contributed by atoms with Gasteiger partial charge in [0.2, 0.25) is 5.91 Å². The zero-order valence-corrected chi connectivity index (χ0v) is 16.3. The first-order valence-corrected chi connectivity index (χ1v) is 9.75. The molecule has 1 N–H and O–H groups in total. The van der Waals surface area contributed by atoms with Crippen LogP contribution in [0.15, 0.2) is 76.8 Å². The first-order valence-electron chi connectivity index (χ1n) is 9.75. The lowest BCUT2D eigenvalue weighted by molar-refractivity contribution is -0.121. The van der Waals surface area contributed by atoms with E-state index in [4.69, 9.17) is 0 Å². The Morgan fingerprint density at radius 1 is 0.931 bits per heavy atom. The standard InChI is InChI=1S/C23H25N3O3/c1-2-16-25-19-12-6-7-13-20(19)26(23(29)22(25)28)17-14-21(27)24-15-8-11-18-9-4-3-5-10-18/h2-7,9-10,12-13H,1,8,11,14-17H2,(H,24,27). The predicted octanol–water partition coefficient (Wildman–Crippen LogP) is 2.49. The highest BCUT2D eigenvalue weighted by Gasteiger charge is 2.13. The van der Waals surface area contributed by atoms with Gasteiger partial charge in [0.15, 0.2) is 0 Å². The Labute approximate surface area is 169 Å². The van der Waals surface area contributed by atoms with E-state index in [0.717, 1.165) is 12.8 Å². The third-order valence-corrected chi connectivity index (χ3v) is 4.82. The number of rotatable bonds is 9. The van der Waals surface area contributed by atoms with E-state index >= 15 is 0 Å². The van der Waals surface area contributed by atoms with Crippen molar-refractivity contribution >= 4 is 16.9 Å². The van der Waals surface area contributed by atoms with Crippen LogP contribution in [-0.2, 0) is 24.3 Å². The molecule has 0 aliphatic rings. The van der Waals surface area contributed by atoms with Crippen molar-refractivity contribution in [3.05, 3.63) is 93.5 Å². The van der Waals surface area contributed by atoms with Crippen LogP contribution >= 0.6 is 0 Å². The zero-order chi connectivity index (χ0) is 20.6. The molecule has 1 amide bonds. The summed E-state index contributed by atoms with van der Waals surface area (Å²) in [7, 11) is 0. The topological polar surface area (TPSA) is 73.1 Å². The van der Waals surface area contributed by atoms with Gasteiger partial charge in [-0.3, -0.25) is 19.0 Å². The molecule has 29 heavy (non-hydrogen) atoms. The van der Waals surface area contributed by atoms with Gasteiger partial charge in [0.25, 0.3) is 0 Å². The molecule has 0 radical (unpaired) electrons. The van der Waals surface area contributed by atoms with Crippen LogP contribution in [0.3, 0.4) is 0 Å². The van der Waals surface area contributed by atoms with Crippen LogP contribution in [0.5, 0.6) is 0 Å². The van der Waals surface area contributed by atoms with Crippen LogP contribution < -0.4 is 16.4 Å². The zero-order valence-electron chi connectivity index (χ0n) is 16.3. The van der Waals surface area contributed by atoms with Gasteiger partial charge in [0, 0.05) is 26.1 Å². The van der Waals surface area contributed by atoms with E-state index in [1.807, 2.05) is 30.3 Å². The molecular weight excluding hydrogens is 366 g/mol. The number of amides is 1. The summed E-state index contributed by atoms with van der Waals surface area (Å²) in [6.45, 7) is 4.64. The summed E-state index contributed by atoms with van der Waals surface area (Å²) in [6, 6.07) is 17.3. The number of nitrogens with one attached hydrogen (secondary N) is 1. The summed E-state index contributed by atoms with van der Waals surface area (Å²) in [5, 5.41) is 2.89. The van der Waals surface area contributed by atoms with Crippen LogP contribution in [-0.4, -0.2) is 21.6 Å². The van der Waals surface area contributed by atoms with Gasteiger partial charge < -0.3 is 9.88 Å². The molecule has 1 aromatic heterocycles. The molecule has 2 aromatic carbocycles. The summed E-state index contributed by atoms with van der Waals surface area (Å²) in [6.07, 6.45) is 3.46. The number of fused-ring (bicyclic) bond motifs is 1. The van der Waals surface area contributed by atoms with E-state index in [0.29, 0.717) is 17.6 Å². The molecule has 0 saturated heterocycles. The van der Waals surface area contributed by atoms with E-state index in [-0.39, 0.29) is 25.4 Å². The molecule has 3 rings (SSSR count).